The van der Waals surface area contributed by atoms with Crippen molar-refractivity contribution >= 4 is 23.1 Å². The Kier molecular flexibility index (Phi) is 7.00. The SMILES string of the molecule is Cc1nc(C(=O)N2CC(F)(F)CC(C)[C@H]2CNc2ccc(C(F)(F)F)cn2)c(-c2cccc(F)c2)s1. The van der Waals surface area contributed by atoms with Crippen LogP contribution in [-0.4, -0.2) is 45.8 Å². The van der Waals surface area contributed by atoms with Crippen molar-refractivity contribution in [1.29, 1.82) is 0 Å². The molecule has 5 nitrogen and oxygen atoms in total. The molecule has 1 unspecified atom stereocenters. The molecule has 2 aromatic heterocycles. The van der Waals surface area contributed by atoms with Gasteiger partial charge in [-0.05, 0) is 42.7 Å². The molecule has 0 aliphatic carbocycles. The van der Waals surface area contributed by atoms with Gasteiger partial charge in [0, 0.05) is 19.2 Å². The number of aryl methyl sites for hydroxylation is 1. The lowest BCUT2D eigenvalue weighted by Crippen LogP contribution is -2.57. The Morgan fingerprint density at radius 3 is 2.64 bits per heavy atom. The smallest absolute Gasteiger partial charge is 0.368 e. The largest absolute Gasteiger partial charge is 0.417 e. The Hall–Kier alpha value is -3.15. The van der Waals surface area contributed by atoms with Crippen LogP contribution in [0.2, 0.25) is 0 Å². The third kappa shape index (κ3) is 5.63. The number of hydrogen-bond donors (Lipinski definition) is 1. The summed E-state index contributed by atoms with van der Waals surface area (Å²) in [5.41, 5.74) is -0.561. The van der Waals surface area contributed by atoms with E-state index in [-0.39, 0.29) is 18.1 Å². The normalized spacial score (nSPS) is 19.8. The van der Waals surface area contributed by atoms with E-state index in [0.717, 1.165) is 28.4 Å². The van der Waals surface area contributed by atoms with Crippen molar-refractivity contribution in [2.24, 2.45) is 5.92 Å². The molecule has 3 aromatic rings. The number of aromatic nitrogens is 2. The molecule has 1 amide bonds. The number of alkyl halides is 5. The highest BCUT2D eigenvalue weighted by Crippen LogP contribution is 2.38. The number of piperidine rings is 1. The van der Waals surface area contributed by atoms with Crippen molar-refractivity contribution in [2.75, 3.05) is 18.4 Å². The fraction of sp³-hybridized carbons (Fsp3) is 0.375. The number of nitrogens with zero attached hydrogens (tertiary/aromatic N) is 3. The first-order chi connectivity index (χ1) is 16.8. The summed E-state index contributed by atoms with van der Waals surface area (Å²) in [7, 11) is 0. The summed E-state index contributed by atoms with van der Waals surface area (Å²) in [5, 5.41) is 3.37. The molecule has 4 rings (SSSR count). The first-order valence-corrected chi connectivity index (χ1v) is 11.8. The Morgan fingerprint density at radius 2 is 2.00 bits per heavy atom. The van der Waals surface area contributed by atoms with E-state index >= 15 is 0 Å². The van der Waals surface area contributed by atoms with Gasteiger partial charge in [-0.1, -0.05) is 19.1 Å². The number of benzene rings is 1. The first kappa shape index (κ1) is 25.9. The number of nitrogens with one attached hydrogen (secondary N) is 1. The lowest BCUT2D eigenvalue weighted by Gasteiger charge is -2.43. The third-order valence-corrected chi connectivity index (χ3v) is 6.97. The molecule has 0 spiro atoms. The molecule has 36 heavy (non-hydrogen) atoms. The van der Waals surface area contributed by atoms with Gasteiger partial charge in [0.15, 0.2) is 0 Å². The van der Waals surface area contributed by atoms with E-state index in [1.54, 1.807) is 19.9 Å². The molecule has 2 atom stereocenters. The predicted molar refractivity (Wildman–Crippen MR) is 124 cm³/mol. The van der Waals surface area contributed by atoms with Crippen LogP contribution in [0.5, 0.6) is 0 Å². The number of carbonyl (C=O) groups excluding carboxylic acids is 1. The van der Waals surface area contributed by atoms with Crippen LogP contribution in [0.1, 0.15) is 34.4 Å². The third-order valence-electron chi connectivity index (χ3n) is 5.95. The van der Waals surface area contributed by atoms with Gasteiger partial charge in [0.1, 0.15) is 17.3 Å². The first-order valence-electron chi connectivity index (χ1n) is 11.0. The van der Waals surface area contributed by atoms with Gasteiger partial charge in [-0.15, -0.1) is 11.3 Å². The minimum atomic E-state index is -4.54. The average molecular weight is 529 g/mol. The molecular formula is C24H22F6N4OS. The molecule has 192 valence electrons. The molecule has 1 fully saturated rings. The van der Waals surface area contributed by atoms with Crippen LogP contribution in [0.15, 0.2) is 42.6 Å². The zero-order chi connectivity index (χ0) is 26.3. The molecule has 1 aliphatic rings. The van der Waals surface area contributed by atoms with E-state index in [4.69, 9.17) is 0 Å². The van der Waals surface area contributed by atoms with Gasteiger partial charge in [-0.25, -0.2) is 23.1 Å². The van der Waals surface area contributed by atoms with Gasteiger partial charge < -0.3 is 10.2 Å². The fourth-order valence-corrected chi connectivity index (χ4v) is 5.19. The van der Waals surface area contributed by atoms with Crippen molar-refractivity contribution < 1.29 is 31.1 Å². The highest BCUT2D eigenvalue weighted by Gasteiger charge is 2.46. The van der Waals surface area contributed by atoms with E-state index in [9.17, 15) is 31.1 Å². The summed E-state index contributed by atoms with van der Waals surface area (Å²) in [5.74, 6) is -4.90. The number of likely N-dealkylation sites (tertiary alicyclic amines) is 1. The van der Waals surface area contributed by atoms with Crippen molar-refractivity contribution in [1.82, 2.24) is 14.9 Å². The zero-order valence-electron chi connectivity index (χ0n) is 19.2. The predicted octanol–water partition coefficient (Wildman–Crippen LogP) is 6.27. The van der Waals surface area contributed by atoms with Crippen LogP contribution in [-0.2, 0) is 6.18 Å². The van der Waals surface area contributed by atoms with Crippen LogP contribution in [0, 0.1) is 18.7 Å². The van der Waals surface area contributed by atoms with Gasteiger partial charge in [0.25, 0.3) is 11.8 Å². The van der Waals surface area contributed by atoms with Gasteiger partial charge in [-0.2, -0.15) is 13.2 Å². The molecule has 1 saturated heterocycles. The number of thiazole rings is 1. The molecule has 1 aromatic carbocycles. The Balaban J connectivity index is 1.61. The summed E-state index contributed by atoms with van der Waals surface area (Å²) in [6.07, 6.45) is -4.33. The molecule has 0 saturated carbocycles. The maximum absolute atomic E-state index is 14.6. The van der Waals surface area contributed by atoms with Gasteiger partial charge in [-0.3, -0.25) is 4.79 Å². The fourth-order valence-electron chi connectivity index (χ4n) is 4.29. The van der Waals surface area contributed by atoms with Crippen molar-refractivity contribution in [2.45, 2.75) is 38.4 Å². The second-order valence-electron chi connectivity index (χ2n) is 8.77. The lowest BCUT2D eigenvalue weighted by atomic mass is 9.88. The number of hydrogen-bond acceptors (Lipinski definition) is 5. The molecule has 1 N–H and O–H groups in total. The minimum absolute atomic E-state index is 0.0141. The molecular weight excluding hydrogens is 506 g/mol. The molecule has 0 bridgehead atoms. The van der Waals surface area contributed by atoms with Crippen LogP contribution < -0.4 is 5.32 Å². The molecule has 0 radical (unpaired) electrons. The zero-order valence-corrected chi connectivity index (χ0v) is 20.1. The second kappa shape index (κ2) is 9.72. The highest BCUT2D eigenvalue weighted by molar-refractivity contribution is 7.15. The van der Waals surface area contributed by atoms with E-state index in [1.165, 1.54) is 18.2 Å². The van der Waals surface area contributed by atoms with Crippen LogP contribution in [0.4, 0.5) is 32.2 Å². The highest BCUT2D eigenvalue weighted by atomic mass is 32.1. The van der Waals surface area contributed by atoms with Crippen molar-refractivity contribution in [3.63, 3.8) is 0 Å². The number of rotatable bonds is 5. The van der Waals surface area contributed by atoms with E-state index in [2.05, 4.69) is 15.3 Å². The minimum Gasteiger partial charge on any atom is -0.368 e. The van der Waals surface area contributed by atoms with Crippen molar-refractivity contribution in [3.05, 3.63) is 64.7 Å². The van der Waals surface area contributed by atoms with Gasteiger partial charge in [0.2, 0.25) is 0 Å². The van der Waals surface area contributed by atoms with Crippen LogP contribution in [0.25, 0.3) is 10.4 Å². The summed E-state index contributed by atoms with van der Waals surface area (Å²) in [4.78, 5) is 23.0. The number of amides is 1. The quantitative estimate of drug-likeness (QED) is 0.397. The Bertz CT molecular complexity index is 1240. The van der Waals surface area contributed by atoms with Gasteiger partial charge >= 0.3 is 6.18 Å². The summed E-state index contributed by atoms with van der Waals surface area (Å²) in [6.45, 7) is 2.38. The number of pyridine rings is 1. The Morgan fingerprint density at radius 1 is 1.25 bits per heavy atom. The number of halogens is 6. The van der Waals surface area contributed by atoms with Crippen LogP contribution in [0.3, 0.4) is 0 Å². The molecule has 3 heterocycles. The Labute approximate surface area is 207 Å². The standard InChI is InChI=1S/C24H22F6N4OS/c1-13-9-23(26,27)12-34(18(13)11-32-19-7-6-16(10-31-19)24(28,29)30)22(35)20-21(36-14(2)33-20)15-4-3-5-17(25)8-15/h3-8,10,13,18H,9,11-12H2,1-2H3,(H,31,32)/t13?,18-/m1/s1. The monoisotopic (exact) mass is 528 g/mol. The molecule has 1 aliphatic heterocycles. The van der Waals surface area contributed by atoms with Crippen LogP contribution >= 0.6 is 11.3 Å². The van der Waals surface area contributed by atoms with E-state index in [1.807, 2.05) is 0 Å². The number of anilines is 1. The summed E-state index contributed by atoms with van der Waals surface area (Å²) in [6, 6.07) is 6.87. The van der Waals surface area contributed by atoms with Crippen molar-refractivity contribution in [3.8, 4) is 10.4 Å². The van der Waals surface area contributed by atoms with Gasteiger partial charge in [0.05, 0.1) is 28.0 Å². The molecule has 12 heteroatoms. The summed E-state index contributed by atoms with van der Waals surface area (Å²) < 4.78 is 81.3. The average Bonchev–Trinajstić information content (AvgIpc) is 3.18. The van der Waals surface area contributed by atoms with E-state index in [0.29, 0.717) is 21.6 Å². The maximum Gasteiger partial charge on any atom is 0.417 e. The summed E-state index contributed by atoms with van der Waals surface area (Å²) >= 11 is 1.15. The van der Waals surface area contributed by atoms with E-state index < -0.39 is 54.3 Å². The second-order valence-corrected chi connectivity index (χ2v) is 9.97. The maximum atomic E-state index is 14.6. The number of carbonyl (C=O) groups is 1. The topological polar surface area (TPSA) is 58.1 Å². The lowest BCUT2D eigenvalue weighted by molar-refractivity contribution is -0.137.